The summed E-state index contributed by atoms with van der Waals surface area (Å²) in [5.41, 5.74) is 0. The lowest BCUT2D eigenvalue weighted by molar-refractivity contribution is -0.145. The first-order valence-corrected chi connectivity index (χ1v) is 9.89. The number of hydrogen-bond acceptors (Lipinski definition) is 5. The third-order valence-corrected chi connectivity index (χ3v) is 6.72. The molecule has 3 unspecified atom stereocenters. The molecule has 8 heteroatoms. The second kappa shape index (κ2) is 7.92. The van der Waals surface area contributed by atoms with E-state index >= 15 is 0 Å². The predicted octanol–water partition coefficient (Wildman–Crippen LogP) is 0.0464. The number of rotatable bonds is 5. The summed E-state index contributed by atoms with van der Waals surface area (Å²) < 4.78 is 30.3. The monoisotopic (exact) mass is 348 g/mol. The van der Waals surface area contributed by atoms with E-state index in [9.17, 15) is 18.3 Å². The van der Waals surface area contributed by atoms with Crippen LogP contribution in [0.1, 0.15) is 32.1 Å². The van der Waals surface area contributed by atoms with Gasteiger partial charge in [0.05, 0.1) is 31.1 Å². The van der Waals surface area contributed by atoms with Crippen molar-refractivity contribution in [3.63, 3.8) is 0 Å². The number of aliphatic hydroxyl groups excluding tert-OH is 1. The molecule has 1 saturated carbocycles. The highest BCUT2D eigenvalue weighted by Crippen LogP contribution is 2.31. The highest BCUT2D eigenvalue weighted by Gasteiger charge is 2.38. The molecule has 1 N–H and O–H groups in total. The number of carbonyl (C=O) groups excluding carboxylic acids is 1. The van der Waals surface area contributed by atoms with E-state index in [0.717, 1.165) is 30.0 Å². The zero-order valence-electron chi connectivity index (χ0n) is 14.0. The fourth-order valence-corrected chi connectivity index (χ4v) is 4.22. The van der Waals surface area contributed by atoms with Crippen LogP contribution in [-0.4, -0.2) is 80.4 Å². The van der Waals surface area contributed by atoms with E-state index in [-0.39, 0.29) is 30.0 Å². The summed E-state index contributed by atoms with van der Waals surface area (Å²) in [7, 11) is -0.444. The van der Waals surface area contributed by atoms with Crippen LogP contribution in [0.2, 0.25) is 0 Å². The first-order valence-electron chi connectivity index (χ1n) is 8.28. The van der Waals surface area contributed by atoms with Crippen molar-refractivity contribution in [1.82, 2.24) is 9.21 Å². The molecule has 0 aromatic carbocycles. The van der Waals surface area contributed by atoms with Gasteiger partial charge in [-0.05, 0) is 12.8 Å². The van der Waals surface area contributed by atoms with Crippen LogP contribution >= 0.6 is 0 Å². The number of aliphatic hydroxyl groups is 1. The van der Waals surface area contributed by atoms with Crippen molar-refractivity contribution in [2.24, 2.45) is 5.92 Å². The van der Waals surface area contributed by atoms with E-state index in [1.54, 1.807) is 4.90 Å². The Hall–Kier alpha value is -0.700. The number of ether oxygens (including phenoxy) is 1. The summed E-state index contributed by atoms with van der Waals surface area (Å²) >= 11 is 0. The minimum Gasteiger partial charge on any atom is -0.393 e. The Labute approximate surface area is 138 Å². The van der Waals surface area contributed by atoms with Crippen LogP contribution in [0.5, 0.6) is 0 Å². The molecule has 2 fully saturated rings. The highest BCUT2D eigenvalue weighted by atomic mass is 32.2. The highest BCUT2D eigenvalue weighted by molar-refractivity contribution is 7.89. The van der Waals surface area contributed by atoms with Crippen molar-refractivity contribution >= 4 is 15.9 Å². The average Bonchev–Trinajstić information content (AvgIpc) is 2.53. The molecule has 1 saturated heterocycles. The standard InChI is InChI=1S/C15H28N2O5S/c1-16(2)23(20,21)10-7-15(19)17-8-9-22-11-13(17)12-5-3-4-6-14(12)18/h12-14,18H,3-11H2,1-2H3. The van der Waals surface area contributed by atoms with Gasteiger partial charge >= 0.3 is 0 Å². The van der Waals surface area contributed by atoms with Crippen LogP contribution in [-0.2, 0) is 19.6 Å². The molecule has 2 aliphatic rings. The lowest BCUT2D eigenvalue weighted by Gasteiger charge is -2.43. The molecule has 0 aromatic heterocycles. The summed E-state index contributed by atoms with van der Waals surface area (Å²) in [6.07, 6.45) is 3.28. The summed E-state index contributed by atoms with van der Waals surface area (Å²) in [5, 5.41) is 10.3. The third-order valence-electron chi connectivity index (χ3n) is 4.89. The Balaban J connectivity index is 2.01. The molecule has 3 atom stereocenters. The molecular formula is C15H28N2O5S. The summed E-state index contributed by atoms with van der Waals surface area (Å²) in [5.74, 6) is -0.323. The zero-order valence-corrected chi connectivity index (χ0v) is 14.8. The molecule has 1 heterocycles. The van der Waals surface area contributed by atoms with E-state index in [1.165, 1.54) is 14.1 Å². The molecular weight excluding hydrogens is 320 g/mol. The van der Waals surface area contributed by atoms with Gasteiger partial charge in [-0.15, -0.1) is 0 Å². The molecule has 0 bridgehead atoms. The van der Waals surface area contributed by atoms with Crippen molar-refractivity contribution in [3.8, 4) is 0 Å². The fourth-order valence-electron chi connectivity index (χ4n) is 3.42. The van der Waals surface area contributed by atoms with Gasteiger partial charge in [-0.2, -0.15) is 0 Å². The molecule has 0 radical (unpaired) electrons. The van der Waals surface area contributed by atoms with Crippen molar-refractivity contribution in [2.45, 2.75) is 44.2 Å². The van der Waals surface area contributed by atoms with Crippen molar-refractivity contribution in [3.05, 3.63) is 0 Å². The van der Waals surface area contributed by atoms with Gasteiger partial charge in [0.25, 0.3) is 0 Å². The topological polar surface area (TPSA) is 87.2 Å². The minimum absolute atomic E-state index is 0.0263. The average molecular weight is 348 g/mol. The number of amides is 1. The van der Waals surface area contributed by atoms with Gasteiger partial charge in [0.15, 0.2) is 0 Å². The van der Waals surface area contributed by atoms with Gasteiger partial charge < -0.3 is 14.7 Å². The van der Waals surface area contributed by atoms with Gasteiger partial charge in [-0.3, -0.25) is 4.79 Å². The first-order chi connectivity index (χ1) is 10.8. The van der Waals surface area contributed by atoms with Gasteiger partial charge in [0.2, 0.25) is 15.9 Å². The lowest BCUT2D eigenvalue weighted by atomic mass is 9.80. The quantitative estimate of drug-likeness (QED) is 0.758. The van der Waals surface area contributed by atoms with E-state index in [1.807, 2.05) is 0 Å². The second-order valence-electron chi connectivity index (χ2n) is 6.59. The molecule has 23 heavy (non-hydrogen) atoms. The van der Waals surface area contributed by atoms with Crippen LogP contribution < -0.4 is 0 Å². The molecule has 0 aromatic rings. The predicted molar refractivity (Wildman–Crippen MR) is 86.4 cm³/mol. The molecule has 1 aliphatic heterocycles. The number of hydrogen-bond donors (Lipinski definition) is 1. The maximum absolute atomic E-state index is 12.5. The van der Waals surface area contributed by atoms with Gasteiger partial charge in [-0.25, -0.2) is 12.7 Å². The number of morpholine rings is 1. The van der Waals surface area contributed by atoms with Gasteiger partial charge in [0.1, 0.15) is 0 Å². The smallest absolute Gasteiger partial charge is 0.224 e. The summed E-state index contributed by atoms with van der Waals surface area (Å²) in [6.45, 7) is 1.36. The molecule has 1 aliphatic carbocycles. The fraction of sp³-hybridized carbons (Fsp3) is 0.933. The maximum Gasteiger partial charge on any atom is 0.224 e. The van der Waals surface area contributed by atoms with Crippen molar-refractivity contribution in [1.29, 1.82) is 0 Å². The molecule has 134 valence electrons. The molecule has 1 amide bonds. The molecule has 0 spiro atoms. The minimum atomic E-state index is -3.38. The Bertz CT molecular complexity index is 508. The van der Waals surface area contributed by atoms with E-state index in [4.69, 9.17) is 4.74 Å². The Morgan fingerprint density at radius 2 is 2.00 bits per heavy atom. The normalized spacial score (nSPS) is 29.7. The van der Waals surface area contributed by atoms with E-state index in [0.29, 0.717) is 19.8 Å². The molecule has 2 rings (SSSR count). The van der Waals surface area contributed by atoms with Gasteiger partial charge in [0, 0.05) is 33.0 Å². The number of nitrogens with zero attached hydrogens (tertiary/aromatic N) is 2. The first kappa shape index (κ1) is 18.6. The third kappa shape index (κ3) is 4.65. The lowest BCUT2D eigenvalue weighted by Crippen LogP contribution is -2.55. The van der Waals surface area contributed by atoms with Crippen LogP contribution in [0.4, 0.5) is 0 Å². The largest absolute Gasteiger partial charge is 0.393 e. The van der Waals surface area contributed by atoms with Crippen molar-refractivity contribution < 1.29 is 23.1 Å². The van der Waals surface area contributed by atoms with Crippen LogP contribution in [0.25, 0.3) is 0 Å². The summed E-state index contributed by atoms with van der Waals surface area (Å²) in [6, 6.07) is -0.145. The Morgan fingerprint density at radius 3 is 2.65 bits per heavy atom. The number of carbonyl (C=O) groups is 1. The summed E-state index contributed by atoms with van der Waals surface area (Å²) in [4.78, 5) is 14.3. The van der Waals surface area contributed by atoms with Crippen LogP contribution in [0.3, 0.4) is 0 Å². The Kier molecular flexibility index (Phi) is 6.41. The molecule has 7 nitrogen and oxygen atoms in total. The van der Waals surface area contributed by atoms with Crippen molar-refractivity contribution in [2.75, 3.05) is 39.6 Å². The van der Waals surface area contributed by atoms with Gasteiger partial charge in [-0.1, -0.05) is 12.8 Å². The van der Waals surface area contributed by atoms with E-state index in [2.05, 4.69) is 0 Å². The Morgan fingerprint density at radius 1 is 1.30 bits per heavy atom. The second-order valence-corrected chi connectivity index (χ2v) is 8.90. The number of sulfonamides is 1. The SMILES string of the molecule is CN(C)S(=O)(=O)CCC(=O)N1CCOCC1C1CCCCC1O. The van der Waals surface area contributed by atoms with Crippen LogP contribution in [0, 0.1) is 5.92 Å². The van der Waals surface area contributed by atoms with E-state index < -0.39 is 16.1 Å². The van der Waals surface area contributed by atoms with Crippen LogP contribution in [0.15, 0.2) is 0 Å². The zero-order chi connectivity index (χ0) is 17.0. The maximum atomic E-state index is 12.5.